The maximum absolute atomic E-state index is 5.66. The molecule has 0 amide bonds. The van der Waals surface area contributed by atoms with Gasteiger partial charge in [-0.3, -0.25) is 10.8 Å². The summed E-state index contributed by atoms with van der Waals surface area (Å²) in [6, 6.07) is 4.02. The molecular weight excluding hydrogens is 226 g/mol. The van der Waals surface area contributed by atoms with E-state index in [0.29, 0.717) is 0 Å². The van der Waals surface area contributed by atoms with Crippen molar-refractivity contribution in [1.82, 2.24) is 20.0 Å². The molecule has 1 unspecified atom stereocenters. The molecule has 0 bridgehead atoms. The number of aryl methyl sites for hydroxylation is 1. The second-order valence-corrected chi connectivity index (χ2v) is 4.26. The lowest BCUT2D eigenvalue weighted by Crippen LogP contribution is -2.31. The molecule has 18 heavy (non-hydrogen) atoms. The van der Waals surface area contributed by atoms with Crippen LogP contribution in [0.5, 0.6) is 0 Å². The first-order valence-corrected chi connectivity index (χ1v) is 6.21. The highest BCUT2D eigenvalue weighted by molar-refractivity contribution is 5.14. The van der Waals surface area contributed by atoms with Gasteiger partial charge in [-0.25, -0.2) is 10.4 Å². The highest BCUT2D eigenvalue weighted by Gasteiger charge is 2.15. The summed E-state index contributed by atoms with van der Waals surface area (Å²) in [6.45, 7) is 3.11. The van der Waals surface area contributed by atoms with Gasteiger partial charge >= 0.3 is 0 Å². The molecule has 0 fully saturated rings. The third kappa shape index (κ3) is 2.94. The van der Waals surface area contributed by atoms with E-state index in [1.165, 1.54) is 5.56 Å². The van der Waals surface area contributed by atoms with E-state index in [0.717, 1.165) is 25.2 Å². The second-order valence-electron chi connectivity index (χ2n) is 4.26. The number of hydrogen-bond donors (Lipinski definition) is 2. The molecule has 0 spiro atoms. The van der Waals surface area contributed by atoms with Crippen LogP contribution in [0.15, 0.2) is 36.9 Å². The van der Waals surface area contributed by atoms with Crippen molar-refractivity contribution in [3.05, 3.63) is 48.3 Å². The molecule has 0 aromatic carbocycles. The number of rotatable bonds is 6. The molecule has 2 aromatic rings. The Balaban J connectivity index is 2.15. The maximum Gasteiger partial charge on any atom is 0.127 e. The van der Waals surface area contributed by atoms with Crippen molar-refractivity contribution in [2.45, 2.75) is 32.4 Å². The number of nitrogens with two attached hydrogens (primary N) is 1. The van der Waals surface area contributed by atoms with Crippen LogP contribution in [-0.4, -0.2) is 14.5 Å². The van der Waals surface area contributed by atoms with Gasteiger partial charge in [0.2, 0.25) is 0 Å². The Morgan fingerprint density at radius 1 is 1.33 bits per heavy atom. The van der Waals surface area contributed by atoms with E-state index in [2.05, 4.69) is 26.9 Å². The van der Waals surface area contributed by atoms with Crippen LogP contribution in [0.3, 0.4) is 0 Å². The van der Waals surface area contributed by atoms with Crippen LogP contribution in [0.4, 0.5) is 0 Å². The summed E-state index contributed by atoms with van der Waals surface area (Å²) in [4.78, 5) is 8.42. The SMILES string of the molecule is CCCn1ccnc1C(Cc1ccncc1)NN. The second kappa shape index (κ2) is 6.28. The highest BCUT2D eigenvalue weighted by atomic mass is 15.3. The van der Waals surface area contributed by atoms with Crippen LogP contribution in [0.2, 0.25) is 0 Å². The lowest BCUT2D eigenvalue weighted by Gasteiger charge is -2.17. The van der Waals surface area contributed by atoms with Crippen molar-refractivity contribution in [2.75, 3.05) is 0 Å². The van der Waals surface area contributed by atoms with Gasteiger partial charge in [0, 0.05) is 31.3 Å². The van der Waals surface area contributed by atoms with Gasteiger partial charge < -0.3 is 4.57 Å². The zero-order valence-corrected chi connectivity index (χ0v) is 10.6. The van der Waals surface area contributed by atoms with Gasteiger partial charge in [-0.2, -0.15) is 0 Å². The van der Waals surface area contributed by atoms with Crippen LogP contribution < -0.4 is 11.3 Å². The summed E-state index contributed by atoms with van der Waals surface area (Å²) in [5.74, 6) is 6.64. The van der Waals surface area contributed by atoms with Crippen molar-refractivity contribution in [1.29, 1.82) is 0 Å². The summed E-state index contributed by atoms with van der Waals surface area (Å²) in [5, 5.41) is 0. The molecule has 2 heterocycles. The quantitative estimate of drug-likeness (QED) is 0.597. The zero-order chi connectivity index (χ0) is 12.8. The molecule has 0 aliphatic rings. The predicted octanol–water partition coefficient (Wildman–Crippen LogP) is 1.44. The van der Waals surface area contributed by atoms with E-state index in [-0.39, 0.29) is 6.04 Å². The Kier molecular flexibility index (Phi) is 4.44. The van der Waals surface area contributed by atoms with Gasteiger partial charge in [-0.05, 0) is 30.5 Å². The fraction of sp³-hybridized carbons (Fsp3) is 0.385. The minimum Gasteiger partial charge on any atom is -0.334 e. The molecule has 96 valence electrons. The van der Waals surface area contributed by atoms with E-state index in [1.54, 1.807) is 12.4 Å². The number of hydrazine groups is 1. The van der Waals surface area contributed by atoms with Crippen molar-refractivity contribution in [2.24, 2.45) is 5.84 Å². The lowest BCUT2D eigenvalue weighted by atomic mass is 10.1. The Bertz CT molecular complexity index is 465. The molecule has 0 aliphatic heterocycles. The van der Waals surface area contributed by atoms with Crippen LogP contribution in [0.1, 0.15) is 30.8 Å². The minimum absolute atomic E-state index is 0.0222. The predicted molar refractivity (Wildman–Crippen MR) is 70.5 cm³/mol. The molecule has 1 atom stereocenters. The van der Waals surface area contributed by atoms with Crippen LogP contribution >= 0.6 is 0 Å². The average Bonchev–Trinajstić information content (AvgIpc) is 2.86. The van der Waals surface area contributed by atoms with Crippen LogP contribution in [0, 0.1) is 0 Å². The van der Waals surface area contributed by atoms with Gasteiger partial charge in [0.1, 0.15) is 5.82 Å². The Hall–Kier alpha value is -1.72. The van der Waals surface area contributed by atoms with E-state index >= 15 is 0 Å². The molecule has 3 N–H and O–H groups in total. The summed E-state index contributed by atoms with van der Waals surface area (Å²) in [5.41, 5.74) is 4.04. The molecule has 2 aromatic heterocycles. The standard InChI is InChI=1S/C13H19N5/c1-2-8-18-9-7-16-13(18)12(17-14)10-11-3-5-15-6-4-11/h3-7,9,12,17H,2,8,10,14H2,1H3. The monoisotopic (exact) mass is 245 g/mol. The first-order valence-electron chi connectivity index (χ1n) is 6.21. The molecule has 5 heteroatoms. The Morgan fingerprint density at radius 3 is 2.78 bits per heavy atom. The van der Waals surface area contributed by atoms with Crippen molar-refractivity contribution < 1.29 is 0 Å². The Labute approximate surface area is 107 Å². The van der Waals surface area contributed by atoms with E-state index in [4.69, 9.17) is 5.84 Å². The molecule has 0 radical (unpaired) electrons. The normalized spacial score (nSPS) is 12.6. The van der Waals surface area contributed by atoms with Crippen molar-refractivity contribution in [3.63, 3.8) is 0 Å². The minimum atomic E-state index is 0.0222. The summed E-state index contributed by atoms with van der Waals surface area (Å²) in [6.07, 6.45) is 9.29. The lowest BCUT2D eigenvalue weighted by molar-refractivity contribution is 0.488. The fourth-order valence-corrected chi connectivity index (χ4v) is 2.04. The zero-order valence-electron chi connectivity index (χ0n) is 10.6. The molecule has 0 saturated heterocycles. The van der Waals surface area contributed by atoms with Gasteiger partial charge in [0.05, 0.1) is 6.04 Å². The van der Waals surface area contributed by atoms with Crippen LogP contribution in [-0.2, 0) is 13.0 Å². The average molecular weight is 245 g/mol. The number of imidazole rings is 1. The summed E-state index contributed by atoms with van der Waals surface area (Å²) >= 11 is 0. The Morgan fingerprint density at radius 2 is 2.11 bits per heavy atom. The van der Waals surface area contributed by atoms with E-state index in [1.807, 2.05) is 24.5 Å². The number of pyridine rings is 1. The third-order valence-corrected chi connectivity index (χ3v) is 2.91. The van der Waals surface area contributed by atoms with E-state index in [9.17, 15) is 0 Å². The van der Waals surface area contributed by atoms with Gasteiger partial charge in [0.25, 0.3) is 0 Å². The number of nitrogens with one attached hydrogen (secondary N) is 1. The molecule has 5 nitrogen and oxygen atoms in total. The fourth-order valence-electron chi connectivity index (χ4n) is 2.04. The summed E-state index contributed by atoms with van der Waals surface area (Å²) < 4.78 is 2.14. The van der Waals surface area contributed by atoms with E-state index < -0.39 is 0 Å². The number of nitrogens with zero attached hydrogens (tertiary/aromatic N) is 3. The van der Waals surface area contributed by atoms with Crippen LogP contribution in [0.25, 0.3) is 0 Å². The van der Waals surface area contributed by atoms with Gasteiger partial charge in [0.15, 0.2) is 0 Å². The molecule has 0 saturated carbocycles. The molecule has 2 rings (SSSR count). The first-order chi connectivity index (χ1) is 8.85. The molecule has 0 aliphatic carbocycles. The van der Waals surface area contributed by atoms with Gasteiger partial charge in [-0.1, -0.05) is 6.92 Å². The topological polar surface area (TPSA) is 68.8 Å². The maximum atomic E-state index is 5.66. The first kappa shape index (κ1) is 12.7. The third-order valence-electron chi connectivity index (χ3n) is 2.91. The van der Waals surface area contributed by atoms with Crippen molar-refractivity contribution in [3.8, 4) is 0 Å². The highest BCUT2D eigenvalue weighted by Crippen LogP contribution is 2.16. The number of hydrogen-bond acceptors (Lipinski definition) is 4. The smallest absolute Gasteiger partial charge is 0.127 e. The van der Waals surface area contributed by atoms with Crippen molar-refractivity contribution >= 4 is 0 Å². The molecular formula is C13H19N5. The van der Waals surface area contributed by atoms with Gasteiger partial charge in [-0.15, -0.1) is 0 Å². The number of aromatic nitrogens is 3. The largest absolute Gasteiger partial charge is 0.334 e. The summed E-state index contributed by atoms with van der Waals surface area (Å²) in [7, 11) is 0.